The average Bonchev–Trinajstić information content (AvgIpc) is 1.71. The maximum Gasteiger partial charge on any atom is 0.503 e. The summed E-state index contributed by atoms with van der Waals surface area (Å²) in [5.41, 5.74) is 0. The molecule has 0 amide bonds. The summed E-state index contributed by atoms with van der Waals surface area (Å²) in [7, 11) is 5.47. The third-order valence-corrected chi connectivity index (χ3v) is 1.82. The Kier molecular flexibility index (Phi) is 23.4. The largest absolute Gasteiger partial charge is 0.503 e. The van der Waals surface area contributed by atoms with Gasteiger partial charge < -0.3 is 22.9 Å². The van der Waals surface area contributed by atoms with Gasteiger partial charge in [0.05, 0.1) is 0 Å². The lowest BCUT2D eigenvalue weighted by atomic mass is 11.3. The van der Waals surface area contributed by atoms with Crippen molar-refractivity contribution in [2.24, 2.45) is 0 Å². The van der Waals surface area contributed by atoms with Crippen LogP contribution >= 0.6 is 12.9 Å². The van der Waals surface area contributed by atoms with Gasteiger partial charge in [-0.2, -0.15) is 0 Å². The summed E-state index contributed by atoms with van der Waals surface area (Å²) in [4.78, 5) is 0. The Hall–Kier alpha value is 1.17. The van der Waals surface area contributed by atoms with Crippen LogP contribution in [0.4, 0.5) is 0 Å². The van der Waals surface area contributed by atoms with Crippen LogP contribution in [0.2, 0.25) is 0 Å². The van der Waals surface area contributed by atoms with Gasteiger partial charge in [0.25, 0.3) is 0 Å². The zero-order valence-electron chi connectivity index (χ0n) is 5.70. The molecule has 0 aromatic heterocycles. The van der Waals surface area contributed by atoms with Crippen LogP contribution in [0.5, 0.6) is 0 Å². The molecule has 2 nitrogen and oxygen atoms in total. The van der Waals surface area contributed by atoms with Gasteiger partial charge in [0.1, 0.15) is 0 Å². The maximum atomic E-state index is 4.71. The van der Waals surface area contributed by atoms with Crippen molar-refractivity contribution in [3.63, 3.8) is 0 Å². The fourth-order valence-corrected chi connectivity index (χ4v) is 1.20. The smallest absolute Gasteiger partial charge is 0.411 e. The topological polar surface area (TPSA) is 21.3 Å². The first kappa shape index (κ1) is 11.9. The number of hydrogen-bond donors (Lipinski definition) is 1. The molecule has 0 aromatic rings. The molecule has 0 aliphatic rings. The van der Waals surface area contributed by atoms with Gasteiger partial charge in [0.2, 0.25) is 0 Å². The van der Waals surface area contributed by atoms with E-state index in [2.05, 4.69) is 18.2 Å². The first-order valence-electron chi connectivity index (χ1n) is 2.46. The van der Waals surface area contributed by atoms with Gasteiger partial charge in [-0.05, 0) is 18.8 Å². The molecule has 0 bridgehead atoms. The molecule has 0 rings (SSSR count). The van der Waals surface area contributed by atoms with Crippen molar-refractivity contribution < 1.29 is 4.74 Å². The standard InChI is InChI=1S/C2H7N.C2H5O.BrH.Mg/c2*1-3-2;;/h3H,1-2H3;1H2,2H3;1H;/q;;;+1/p-1. The van der Waals surface area contributed by atoms with E-state index in [1.54, 1.807) is 7.11 Å². The quantitative estimate of drug-likeness (QED) is 0.644. The van der Waals surface area contributed by atoms with E-state index < -0.39 is 0 Å². The van der Waals surface area contributed by atoms with Crippen molar-refractivity contribution in [3.8, 4) is 0 Å². The van der Waals surface area contributed by atoms with Crippen LogP contribution in [0.15, 0.2) is 0 Å². The maximum absolute atomic E-state index is 4.71. The van der Waals surface area contributed by atoms with Gasteiger partial charge in [0, 0.05) is 7.11 Å². The highest BCUT2D eigenvalue weighted by molar-refractivity contribution is 9.23. The molecular formula is C4H12BrMgNO. The molecule has 0 aliphatic carbocycles. The third-order valence-electron chi connectivity index (χ3n) is 0.281. The van der Waals surface area contributed by atoms with Crippen molar-refractivity contribution in [2.75, 3.05) is 25.9 Å². The van der Waals surface area contributed by atoms with Gasteiger partial charge in [-0.15, -0.1) is 0 Å². The van der Waals surface area contributed by atoms with Gasteiger partial charge in [0.15, 0.2) is 0 Å². The number of hydrogen-bond acceptors (Lipinski definition) is 2. The van der Waals surface area contributed by atoms with Crippen molar-refractivity contribution in [1.29, 1.82) is 0 Å². The number of halogens is 1. The van der Waals surface area contributed by atoms with Crippen LogP contribution in [0.25, 0.3) is 0 Å². The van der Waals surface area contributed by atoms with Crippen LogP contribution in [0.1, 0.15) is 0 Å². The van der Waals surface area contributed by atoms with Crippen molar-refractivity contribution in [1.82, 2.24) is 5.32 Å². The summed E-state index contributed by atoms with van der Waals surface area (Å²) in [6, 6.07) is 0. The van der Waals surface area contributed by atoms with E-state index in [1.165, 1.54) is 0 Å². The van der Waals surface area contributed by atoms with E-state index in [0.29, 0.717) is 0 Å². The molecule has 1 N–H and O–H groups in total. The van der Waals surface area contributed by atoms with Crippen molar-refractivity contribution >= 4 is 31.1 Å². The number of ether oxygens (including phenoxy) is 1. The minimum absolute atomic E-state index is 0.00424. The highest BCUT2D eigenvalue weighted by atomic mass is 79.9. The highest BCUT2D eigenvalue weighted by Gasteiger charge is 1.80. The molecule has 0 atom stereocenters. The Labute approximate surface area is 67.0 Å². The molecule has 0 radical (unpaired) electrons. The van der Waals surface area contributed by atoms with Crippen LogP contribution < -0.4 is 5.32 Å². The number of methoxy groups -OCH3 is 1. The van der Waals surface area contributed by atoms with E-state index in [0.717, 1.165) is 4.74 Å². The summed E-state index contributed by atoms with van der Waals surface area (Å²) in [5.74, 6) is 0. The Morgan fingerprint density at radius 3 is 2.00 bits per heavy atom. The van der Waals surface area contributed by atoms with Crippen LogP contribution in [-0.4, -0.2) is 44.1 Å². The molecule has 4 heteroatoms. The van der Waals surface area contributed by atoms with Gasteiger partial charge in [-0.1, -0.05) is 0 Å². The lowest BCUT2D eigenvalue weighted by molar-refractivity contribution is 0.253. The van der Waals surface area contributed by atoms with Crippen LogP contribution in [0.3, 0.4) is 0 Å². The molecule has 0 saturated heterocycles. The molecule has 0 spiro atoms. The first-order valence-corrected chi connectivity index (χ1v) is 7.36. The molecule has 48 valence electrons. The second kappa shape index (κ2) is 15.7. The lowest BCUT2D eigenvalue weighted by Gasteiger charge is -1.81. The molecule has 0 aromatic carbocycles. The summed E-state index contributed by atoms with van der Waals surface area (Å²) < 4.78 is 5.65. The van der Waals surface area contributed by atoms with Gasteiger partial charge >= 0.3 is 18.2 Å². The summed E-state index contributed by atoms with van der Waals surface area (Å²) in [6.45, 7) is 0. The summed E-state index contributed by atoms with van der Waals surface area (Å²) >= 11 is 3.33. The van der Waals surface area contributed by atoms with E-state index in [9.17, 15) is 0 Å². The van der Waals surface area contributed by atoms with Crippen LogP contribution in [-0.2, 0) is 4.74 Å². The zero-order valence-corrected chi connectivity index (χ0v) is 8.70. The minimum Gasteiger partial charge on any atom is -0.411 e. The van der Waals surface area contributed by atoms with Crippen molar-refractivity contribution in [2.45, 2.75) is 0 Å². The summed E-state index contributed by atoms with van der Waals surface area (Å²) in [6.07, 6.45) is 0. The molecular weight excluding hydrogens is 182 g/mol. The average molecular weight is 194 g/mol. The fourth-order valence-electron chi connectivity index (χ4n) is 0.0772. The number of nitrogens with one attached hydrogen (secondary N) is 1. The highest BCUT2D eigenvalue weighted by Crippen LogP contribution is 1.70. The normalized spacial score (nSPS) is 6.50. The molecule has 0 aliphatic heterocycles. The SMILES string of the molecule is CNC.CO[CH2][Mg][Br]. The van der Waals surface area contributed by atoms with Crippen LogP contribution in [0, 0.1) is 0 Å². The molecule has 0 saturated carbocycles. The second-order valence-electron chi connectivity index (χ2n) is 1.18. The predicted octanol–water partition coefficient (Wildman–Crippen LogP) is 0.440. The van der Waals surface area contributed by atoms with E-state index >= 15 is 0 Å². The third kappa shape index (κ3) is 27.2. The van der Waals surface area contributed by atoms with E-state index in [4.69, 9.17) is 4.74 Å². The summed E-state index contributed by atoms with van der Waals surface area (Å²) in [5, 5.41) is 2.75. The number of rotatable bonds is 2. The second-order valence-corrected chi connectivity index (χ2v) is 4.35. The van der Waals surface area contributed by atoms with Crippen molar-refractivity contribution in [3.05, 3.63) is 0 Å². The Morgan fingerprint density at radius 2 is 2.00 bits per heavy atom. The lowest BCUT2D eigenvalue weighted by Crippen LogP contribution is -1.89. The zero-order chi connectivity index (χ0) is 6.83. The Bertz CT molecular complexity index is 30.0. The monoisotopic (exact) mass is 193 g/mol. The Balaban J connectivity index is 0. The predicted molar refractivity (Wildman–Crippen MR) is 41.5 cm³/mol. The minimum atomic E-state index is 0.00424. The van der Waals surface area contributed by atoms with E-state index in [-0.39, 0.29) is 18.2 Å². The molecule has 0 fully saturated rings. The molecule has 8 heavy (non-hydrogen) atoms. The molecule has 0 unspecified atom stereocenters. The first-order chi connectivity index (χ1) is 3.83. The van der Waals surface area contributed by atoms with Gasteiger partial charge in [-0.3, -0.25) is 0 Å². The van der Waals surface area contributed by atoms with Gasteiger partial charge in [-0.25, -0.2) is 0 Å². The van der Waals surface area contributed by atoms with E-state index in [1.807, 2.05) is 14.1 Å². The fraction of sp³-hybridized carbons (Fsp3) is 1.00. The Morgan fingerprint density at radius 1 is 1.62 bits per heavy atom. The molecule has 0 heterocycles.